The third-order valence-corrected chi connectivity index (χ3v) is 5.70. The van der Waals surface area contributed by atoms with E-state index in [2.05, 4.69) is 30.7 Å². The number of aromatic nitrogens is 4. The molecule has 168 valence electrons. The number of anilines is 3. The lowest BCUT2D eigenvalue weighted by Gasteiger charge is -2.27. The number of furan rings is 1. The van der Waals surface area contributed by atoms with Crippen molar-refractivity contribution in [1.82, 2.24) is 25.5 Å². The van der Waals surface area contributed by atoms with E-state index in [0.29, 0.717) is 55.0 Å². The molecule has 33 heavy (non-hydrogen) atoms. The quantitative estimate of drug-likeness (QED) is 0.414. The highest BCUT2D eigenvalue weighted by Gasteiger charge is 2.27. The van der Waals surface area contributed by atoms with Gasteiger partial charge in [0.25, 0.3) is 5.91 Å². The molecule has 0 atom stereocenters. The molecule has 3 N–H and O–H groups in total. The van der Waals surface area contributed by atoms with E-state index in [1.54, 1.807) is 6.07 Å². The number of nitrogens with zero attached hydrogens (tertiary/aromatic N) is 4. The summed E-state index contributed by atoms with van der Waals surface area (Å²) in [5.74, 6) is 1.62. The van der Waals surface area contributed by atoms with Crippen molar-refractivity contribution in [3.05, 3.63) is 48.2 Å². The number of amides is 1. The van der Waals surface area contributed by atoms with Crippen LogP contribution in [0.1, 0.15) is 23.4 Å². The normalized spacial score (nSPS) is 16.2. The minimum atomic E-state index is -0.224. The Labute approximate surface area is 189 Å². The Kier molecular flexibility index (Phi) is 4.91. The number of H-pyrrole nitrogens is 1. The Hall–Kier alpha value is -3.92. The summed E-state index contributed by atoms with van der Waals surface area (Å²) < 4.78 is 11.4. The molecule has 2 aliphatic rings. The summed E-state index contributed by atoms with van der Waals surface area (Å²) in [6.07, 6.45) is 2.01. The van der Waals surface area contributed by atoms with Gasteiger partial charge in [-0.25, -0.2) is 4.98 Å². The number of ether oxygens (including phenoxy) is 1. The van der Waals surface area contributed by atoms with E-state index < -0.39 is 0 Å². The lowest BCUT2D eigenvalue weighted by molar-refractivity contribution is 0.0925. The van der Waals surface area contributed by atoms with E-state index in [1.165, 1.54) is 0 Å². The first-order chi connectivity index (χ1) is 16.2. The maximum absolute atomic E-state index is 12.5. The average Bonchev–Trinajstić information content (AvgIpc) is 3.36. The maximum atomic E-state index is 12.5. The molecule has 0 spiro atoms. The highest BCUT2D eigenvalue weighted by atomic mass is 16.5. The van der Waals surface area contributed by atoms with Crippen molar-refractivity contribution in [2.24, 2.45) is 0 Å². The Bertz CT molecular complexity index is 1290. The van der Waals surface area contributed by atoms with Crippen LogP contribution >= 0.6 is 0 Å². The van der Waals surface area contributed by atoms with Crippen LogP contribution in [-0.2, 0) is 4.74 Å². The molecule has 1 amide bonds. The van der Waals surface area contributed by atoms with E-state index in [9.17, 15) is 4.79 Å². The second kappa shape index (κ2) is 8.21. The van der Waals surface area contributed by atoms with Gasteiger partial charge < -0.3 is 24.7 Å². The van der Waals surface area contributed by atoms with Gasteiger partial charge >= 0.3 is 0 Å². The number of morpholine rings is 1. The minimum Gasteiger partial charge on any atom is -0.445 e. The zero-order valence-electron chi connectivity index (χ0n) is 17.9. The molecule has 1 aromatic carbocycles. The summed E-state index contributed by atoms with van der Waals surface area (Å²) in [5.41, 5.74) is 2.98. The van der Waals surface area contributed by atoms with Crippen molar-refractivity contribution in [2.45, 2.75) is 18.9 Å². The molecule has 1 aliphatic heterocycles. The molecule has 1 saturated carbocycles. The average molecular weight is 445 g/mol. The van der Waals surface area contributed by atoms with Crippen molar-refractivity contribution >= 4 is 34.6 Å². The summed E-state index contributed by atoms with van der Waals surface area (Å²) in [7, 11) is 0. The Morgan fingerprint density at radius 3 is 2.70 bits per heavy atom. The predicted molar refractivity (Wildman–Crippen MR) is 123 cm³/mol. The van der Waals surface area contributed by atoms with Gasteiger partial charge in [0.05, 0.1) is 18.9 Å². The molecule has 4 heterocycles. The molecule has 4 aromatic rings. The van der Waals surface area contributed by atoms with Crippen LogP contribution in [0.2, 0.25) is 0 Å². The van der Waals surface area contributed by atoms with Gasteiger partial charge in [-0.05, 0) is 18.4 Å². The van der Waals surface area contributed by atoms with Gasteiger partial charge in [-0.1, -0.05) is 30.3 Å². The maximum Gasteiger partial charge on any atom is 0.287 e. The number of fused-ring (bicyclic) bond motifs is 1. The first-order valence-corrected chi connectivity index (χ1v) is 11.1. The topological polar surface area (TPSA) is 121 Å². The fraction of sp³-hybridized carbons (Fsp3) is 0.304. The number of nitrogens with one attached hydrogen (secondary N) is 3. The van der Waals surface area contributed by atoms with Gasteiger partial charge in [-0.3, -0.25) is 9.89 Å². The number of rotatable bonds is 6. The van der Waals surface area contributed by atoms with Crippen molar-refractivity contribution in [3.63, 3.8) is 0 Å². The molecule has 2 fully saturated rings. The predicted octanol–water partition coefficient (Wildman–Crippen LogP) is 3.09. The van der Waals surface area contributed by atoms with Gasteiger partial charge in [-0.2, -0.15) is 10.1 Å². The van der Waals surface area contributed by atoms with E-state index >= 15 is 0 Å². The molecule has 10 nitrogen and oxygen atoms in total. The first kappa shape index (κ1) is 19.7. The molecule has 1 aliphatic carbocycles. The second-order valence-electron chi connectivity index (χ2n) is 8.20. The molecular weight excluding hydrogens is 422 g/mol. The minimum absolute atomic E-state index is 0.224. The standard InChI is InChI=1S/C23H23N7O3/c31-22(24-15-6-7-15)18-12-17-20(33-18)21(30-8-10-32-11-9-30)27-23(25-17)26-19-13-16(28-29-19)14-4-2-1-3-5-14/h1-5,12-13,15H,6-11H2,(H,24,31)(H2,25,26,27,28,29). The highest BCUT2D eigenvalue weighted by Crippen LogP contribution is 2.31. The lowest BCUT2D eigenvalue weighted by atomic mass is 10.2. The number of hydrogen-bond acceptors (Lipinski definition) is 8. The fourth-order valence-corrected chi connectivity index (χ4v) is 3.82. The molecule has 10 heteroatoms. The van der Waals surface area contributed by atoms with E-state index in [-0.39, 0.29) is 17.7 Å². The molecule has 0 unspecified atom stereocenters. The smallest absolute Gasteiger partial charge is 0.287 e. The van der Waals surface area contributed by atoms with Crippen molar-refractivity contribution < 1.29 is 13.9 Å². The third-order valence-electron chi connectivity index (χ3n) is 5.70. The molecule has 6 rings (SSSR count). The second-order valence-corrected chi connectivity index (χ2v) is 8.20. The van der Waals surface area contributed by atoms with Crippen LogP contribution in [-0.4, -0.2) is 58.4 Å². The van der Waals surface area contributed by atoms with Crippen LogP contribution in [0.4, 0.5) is 17.6 Å². The fourth-order valence-electron chi connectivity index (χ4n) is 3.82. The molecule has 0 bridgehead atoms. The van der Waals surface area contributed by atoms with E-state index in [0.717, 1.165) is 24.1 Å². The summed E-state index contributed by atoms with van der Waals surface area (Å²) >= 11 is 0. The Morgan fingerprint density at radius 2 is 1.91 bits per heavy atom. The molecule has 1 saturated heterocycles. The SMILES string of the molecule is O=C(NC1CC1)c1cc2nc(Nc3cc(-c4ccccc4)[nH]n3)nc(N3CCOCC3)c2o1. The monoisotopic (exact) mass is 445 g/mol. The molecular formula is C23H23N7O3. The van der Waals surface area contributed by atoms with E-state index in [1.807, 2.05) is 36.4 Å². The Balaban J connectivity index is 1.34. The Morgan fingerprint density at radius 1 is 1.09 bits per heavy atom. The number of hydrogen-bond donors (Lipinski definition) is 3. The van der Waals surface area contributed by atoms with Gasteiger partial charge in [0, 0.05) is 31.3 Å². The van der Waals surface area contributed by atoms with Crippen LogP contribution in [0.3, 0.4) is 0 Å². The summed E-state index contributed by atoms with van der Waals surface area (Å²) in [4.78, 5) is 24.0. The first-order valence-electron chi connectivity index (χ1n) is 11.1. The van der Waals surface area contributed by atoms with E-state index in [4.69, 9.17) is 14.1 Å². The van der Waals surface area contributed by atoms with Crippen molar-refractivity contribution in [3.8, 4) is 11.3 Å². The van der Waals surface area contributed by atoms with Gasteiger partial charge in [0.1, 0.15) is 5.52 Å². The van der Waals surface area contributed by atoms with Gasteiger partial charge in [-0.15, -0.1) is 0 Å². The summed E-state index contributed by atoms with van der Waals surface area (Å²) in [6.45, 7) is 2.56. The van der Waals surface area contributed by atoms with Crippen LogP contribution in [0, 0.1) is 0 Å². The third kappa shape index (κ3) is 4.12. The lowest BCUT2D eigenvalue weighted by Crippen LogP contribution is -2.37. The van der Waals surface area contributed by atoms with Crippen LogP contribution in [0.25, 0.3) is 22.4 Å². The highest BCUT2D eigenvalue weighted by molar-refractivity contribution is 5.98. The van der Waals surface area contributed by atoms with Crippen molar-refractivity contribution in [2.75, 3.05) is 36.5 Å². The van der Waals surface area contributed by atoms with Gasteiger partial charge in [0.15, 0.2) is 23.0 Å². The van der Waals surface area contributed by atoms with Crippen LogP contribution < -0.4 is 15.5 Å². The molecule has 3 aromatic heterocycles. The van der Waals surface area contributed by atoms with Gasteiger partial charge in [0.2, 0.25) is 5.95 Å². The number of carbonyl (C=O) groups excluding carboxylic acids is 1. The zero-order valence-corrected chi connectivity index (χ0v) is 17.9. The zero-order chi connectivity index (χ0) is 22.2. The largest absolute Gasteiger partial charge is 0.445 e. The number of aromatic amines is 1. The molecule has 0 radical (unpaired) electrons. The summed E-state index contributed by atoms with van der Waals surface area (Å²) in [6, 6.07) is 13.8. The summed E-state index contributed by atoms with van der Waals surface area (Å²) in [5, 5.41) is 13.5. The van der Waals surface area contributed by atoms with Crippen LogP contribution in [0.15, 0.2) is 46.9 Å². The van der Waals surface area contributed by atoms with Crippen LogP contribution in [0.5, 0.6) is 0 Å². The number of carbonyl (C=O) groups is 1. The van der Waals surface area contributed by atoms with Crippen molar-refractivity contribution in [1.29, 1.82) is 0 Å². The number of benzene rings is 1.